The van der Waals surface area contributed by atoms with Crippen LogP contribution in [0.3, 0.4) is 0 Å². The van der Waals surface area contributed by atoms with E-state index in [1.165, 1.54) is 11.3 Å². The van der Waals surface area contributed by atoms with Crippen LogP contribution in [0.4, 0.5) is 0 Å². The lowest BCUT2D eigenvalue weighted by Gasteiger charge is -2.20. The van der Waals surface area contributed by atoms with Gasteiger partial charge in [-0.1, -0.05) is 6.92 Å². The highest BCUT2D eigenvalue weighted by Gasteiger charge is 2.14. The van der Waals surface area contributed by atoms with Crippen LogP contribution in [0.2, 0.25) is 0 Å². The number of nitrogens with one attached hydrogen (secondary N) is 1. The Labute approximate surface area is 127 Å². The van der Waals surface area contributed by atoms with E-state index in [1.54, 1.807) is 7.11 Å². The predicted octanol–water partition coefficient (Wildman–Crippen LogP) is 3.33. The van der Waals surface area contributed by atoms with Gasteiger partial charge in [-0.25, -0.2) is 4.68 Å². The number of rotatable bonds is 5. The lowest BCUT2D eigenvalue weighted by molar-refractivity contribution is 0.414. The van der Waals surface area contributed by atoms with Gasteiger partial charge in [-0.05, 0) is 51.5 Å². The molecule has 4 heteroatoms. The smallest absolute Gasteiger partial charge is 0.119 e. The Kier molecular flexibility index (Phi) is 4.68. The zero-order valence-electron chi connectivity index (χ0n) is 13.6. The summed E-state index contributed by atoms with van der Waals surface area (Å²) in [7, 11) is 1.68. The van der Waals surface area contributed by atoms with Gasteiger partial charge in [0.2, 0.25) is 0 Å². The van der Waals surface area contributed by atoms with Crippen molar-refractivity contribution in [2.45, 2.75) is 46.2 Å². The predicted molar refractivity (Wildman–Crippen MR) is 86.1 cm³/mol. The maximum absolute atomic E-state index is 5.20. The standard InChI is InChI=1S/C17H25N3O/c1-6-16-13(11-18-17(2,3)4)12-19-20(16)14-7-9-15(21-5)10-8-14/h7-10,12,18H,6,11H2,1-5H3. The van der Waals surface area contributed by atoms with E-state index in [9.17, 15) is 0 Å². The molecule has 0 amide bonds. The quantitative estimate of drug-likeness (QED) is 0.917. The first kappa shape index (κ1) is 15.6. The van der Waals surface area contributed by atoms with Gasteiger partial charge < -0.3 is 10.1 Å². The lowest BCUT2D eigenvalue weighted by Crippen LogP contribution is -2.35. The molecule has 1 aromatic carbocycles. The summed E-state index contributed by atoms with van der Waals surface area (Å²) < 4.78 is 7.22. The van der Waals surface area contributed by atoms with E-state index in [1.807, 2.05) is 35.1 Å². The van der Waals surface area contributed by atoms with E-state index >= 15 is 0 Å². The van der Waals surface area contributed by atoms with Crippen LogP contribution in [0.1, 0.15) is 39.0 Å². The molecule has 0 aliphatic rings. The topological polar surface area (TPSA) is 39.1 Å². The van der Waals surface area contributed by atoms with E-state index in [-0.39, 0.29) is 5.54 Å². The summed E-state index contributed by atoms with van der Waals surface area (Å²) in [6, 6.07) is 7.99. The summed E-state index contributed by atoms with van der Waals surface area (Å²) in [5, 5.41) is 8.07. The van der Waals surface area contributed by atoms with Gasteiger partial charge in [0, 0.05) is 23.3 Å². The van der Waals surface area contributed by atoms with Crippen molar-refractivity contribution in [1.29, 1.82) is 0 Å². The molecule has 114 valence electrons. The highest BCUT2D eigenvalue weighted by atomic mass is 16.5. The van der Waals surface area contributed by atoms with Crippen LogP contribution >= 0.6 is 0 Å². The Morgan fingerprint density at radius 3 is 2.38 bits per heavy atom. The molecule has 0 saturated heterocycles. The normalized spacial score (nSPS) is 11.7. The highest BCUT2D eigenvalue weighted by Crippen LogP contribution is 2.19. The summed E-state index contributed by atoms with van der Waals surface area (Å²) >= 11 is 0. The van der Waals surface area contributed by atoms with Gasteiger partial charge in [0.1, 0.15) is 5.75 Å². The van der Waals surface area contributed by atoms with Crippen molar-refractivity contribution in [2.75, 3.05) is 7.11 Å². The zero-order valence-corrected chi connectivity index (χ0v) is 13.6. The number of hydrogen-bond donors (Lipinski definition) is 1. The first-order valence-electron chi connectivity index (χ1n) is 7.40. The minimum Gasteiger partial charge on any atom is -0.497 e. The van der Waals surface area contributed by atoms with Crippen LogP contribution in [-0.4, -0.2) is 22.4 Å². The van der Waals surface area contributed by atoms with Crippen LogP contribution in [-0.2, 0) is 13.0 Å². The summed E-state index contributed by atoms with van der Waals surface area (Å²) in [6.45, 7) is 9.52. The minimum absolute atomic E-state index is 0.104. The summed E-state index contributed by atoms with van der Waals surface area (Å²) in [5.74, 6) is 0.860. The van der Waals surface area contributed by atoms with Gasteiger partial charge >= 0.3 is 0 Å². The number of benzene rings is 1. The molecule has 0 atom stereocenters. The Bertz CT molecular complexity index is 579. The van der Waals surface area contributed by atoms with E-state index in [2.05, 4.69) is 38.1 Å². The fourth-order valence-corrected chi connectivity index (χ4v) is 2.24. The first-order chi connectivity index (χ1) is 9.94. The largest absolute Gasteiger partial charge is 0.497 e. The molecule has 0 bridgehead atoms. The van der Waals surface area contributed by atoms with Gasteiger partial charge in [-0.3, -0.25) is 0 Å². The van der Waals surface area contributed by atoms with E-state index in [0.29, 0.717) is 0 Å². The molecule has 0 aliphatic heterocycles. The highest BCUT2D eigenvalue weighted by molar-refractivity contribution is 5.39. The summed E-state index contributed by atoms with van der Waals surface area (Å²) in [5.41, 5.74) is 3.67. The Morgan fingerprint density at radius 1 is 1.19 bits per heavy atom. The molecule has 2 aromatic rings. The zero-order chi connectivity index (χ0) is 15.5. The van der Waals surface area contributed by atoms with Crippen LogP contribution in [0.15, 0.2) is 30.5 Å². The fourth-order valence-electron chi connectivity index (χ4n) is 2.24. The molecule has 0 radical (unpaired) electrons. The average molecular weight is 287 g/mol. The molecule has 0 fully saturated rings. The monoisotopic (exact) mass is 287 g/mol. The first-order valence-corrected chi connectivity index (χ1v) is 7.40. The van der Waals surface area contributed by atoms with E-state index < -0.39 is 0 Å². The van der Waals surface area contributed by atoms with Crippen LogP contribution < -0.4 is 10.1 Å². The molecule has 1 heterocycles. The van der Waals surface area contributed by atoms with Gasteiger partial charge in [-0.2, -0.15) is 5.10 Å². The third kappa shape index (κ3) is 3.85. The second kappa shape index (κ2) is 6.31. The summed E-state index contributed by atoms with van der Waals surface area (Å²) in [6.07, 6.45) is 2.91. The van der Waals surface area contributed by atoms with Gasteiger partial charge in [-0.15, -0.1) is 0 Å². The second-order valence-electron chi connectivity index (χ2n) is 6.18. The van der Waals surface area contributed by atoms with Crippen molar-refractivity contribution in [3.8, 4) is 11.4 Å². The number of methoxy groups -OCH3 is 1. The second-order valence-corrected chi connectivity index (χ2v) is 6.18. The van der Waals surface area contributed by atoms with Crippen molar-refractivity contribution in [3.05, 3.63) is 41.7 Å². The minimum atomic E-state index is 0.104. The van der Waals surface area contributed by atoms with Crippen molar-refractivity contribution < 1.29 is 4.74 Å². The van der Waals surface area contributed by atoms with Crippen LogP contribution in [0, 0.1) is 0 Å². The molecule has 21 heavy (non-hydrogen) atoms. The van der Waals surface area contributed by atoms with Gasteiger partial charge in [0.05, 0.1) is 19.0 Å². The Morgan fingerprint density at radius 2 is 1.86 bits per heavy atom. The molecule has 2 rings (SSSR count). The van der Waals surface area contributed by atoms with E-state index in [4.69, 9.17) is 4.74 Å². The Balaban J connectivity index is 2.26. The summed E-state index contributed by atoms with van der Waals surface area (Å²) in [4.78, 5) is 0. The van der Waals surface area contributed by atoms with Crippen LogP contribution in [0.25, 0.3) is 5.69 Å². The van der Waals surface area contributed by atoms with Crippen molar-refractivity contribution in [1.82, 2.24) is 15.1 Å². The molecule has 0 saturated carbocycles. The van der Waals surface area contributed by atoms with Gasteiger partial charge in [0.15, 0.2) is 0 Å². The fraction of sp³-hybridized carbons (Fsp3) is 0.471. The number of ether oxygens (including phenoxy) is 1. The molecular formula is C17H25N3O. The molecule has 0 unspecified atom stereocenters. The number of aromatic nitrogens is 2. The SMILES string of the molecule is CCc1c(CNC(C)(C)C)cnn1-c1ccc(OC)cc1. The van der Waals surface area contributed by atoms with Crippen molar-refractivity contribution in [3.63, 3.8) is 0 Å². The maximum atomic E-state index is 5.20. The third-order valence-corrected chi connectivity index (χ3v) is 3.42. The number of hydrogen-bond acceptors (Lipinski definition) is 3. The molecule has 4 nitrogen and oxygen atoms in total. The lowest BCUT2D eigenvalue weighted by atomic mass is 10.1. The number of nitrogens with zero attached hydrogens (tertiary/aromatic N) is 2. The molecule has 0 spiro atoms. The molecule has 1 N–H and O–H groups in total. The van der Waals surface area contributed by atoms with Crippen molar-refractivity contribution >= 4 is 0 Å². The maximum Gasteiger partial charge on any atom is 0.119 e. The molecule has 0 aliphatic carbocycles. The van der Waals surface area contributed by atoms with Crippen molar-refractivity contribution in [2.24, 2.45) is 0 Å². The van der Waals surface area contributed by atoms with Gasteiger partial charge in [0.25, 0.3) is 0 Å². The Hall–Kier alpha value is -1.81. The molecule has 1 aromatic heterocycles. The molecular weight excluding hydrogens is 262 g/mol. The van der Waals surface area contributed by atoms with E-state index in [0.717, 1.165) is 24.4 Å². The van der Waals surface area contributed by atoms with Crippen LogP contribution in [0.5, 0.6) is 5.75 Å². The average Bonchev–Trinajstić information content (AvgIpc) is 2.87. The third-order valence-electron chi connectivity index (χ3n) is 3.42.